The Morgan fingerprint density at radius 1 is 1.16 bits per heavy atom. The Bertz CT molecular complexity index is 557. The molecule has 0 saturated heterocycles. The number of aromatic amines is 1. The molecule has 0 aliphatic heterocycles. The molecule has 4 fully saturated rings. The molecule has 4 saturated carbocycles. The third-order valence-electron chi connectivity index (χ3n) is 5.58. The fourth-order valence-corrected chi connectivity index (χ4v) is 5.66. The van der Waals surface area contributed by atoms with E-state index in [-0.39, 0.29) is 0 Å². The van der Waals surface area contributed by atoms with E-state index in [2.05, 4.69) is 27.8 Å². The van der Waals surface area contributed by atoms with Crippen molar-refractivity contribution in [2.75, 3.05) is 0 Å². The van der Waals surface area contributed by atoms with E-state index in [9.17, 15) is 0 Å². The van der Waals surface area contributed by atoms with Gasteiger partial charge in [0.2, 0.25) is 0 Å². The predicted octanol–water partition coefficient (Wildman–Crippen LogP) is 4.68. The van der Waals surface area contributed by atoms with Gasteiger partial charge in [0, 0.05) is 11.1 Å². The fraction of sp³-hybridized carbons (Fsp3) is 0.733. The van der Waals surface area contributed by atoms with Crippen LogP contribution in [0.1, 0.15) is 50.0 Å². The summed E-state index contributed by atoms with van der Waals surface area (Å²) in [5, 5.41) is 0. The van der Waals surface area contributed by atoms with Gasteiger partial charge in [0.25, 0.3) is 0 Å². The molecule has 1 aromatic heterocycles. The van der Waals surface area contributed by atoms with Crippen molar-refractivity contribution in [3.8, 4) is 0 Å². The van der Waals surface area contributed by atoms with Crippen molar-refractivity contribution in [2.24, 2.45) is 17.8 Å². The van der Waals surface area contributed by atoms with E-state index in [1.807, 2.05) is 0 Å². The Labute approximate surface area is 127 Å². The van der Waals surface area contributed by atoms with Gasteiger partial charge in [-0.3, -0.25) is 0 Å². The van der Waals surface area contributed by atoms with E-state index in [1.54, 1.807) is 0 Å². The SMILES string of the molecule is Cc1[nH]c(C23CC4CC(CC(C4)C2)C3)nc(=S)c1Br. The van der Waals surface area contributed by atoms with Crippen molar-refractivity contribution >= 4 is 28.1 Å². The van der Waals surface area contributed by atoms with Gasteiger partial charge in [-0.1, -0.05) is 12.2 Å². The number of aromatic nitrogens is 2. The number of rotatable bonds is 1. The maximum absolute atomic E-state index is 5.41. The Morgan fingerprint density at radius 3 is 2.16 bits per heavy atom. The van der Waals surface area contributed by atoms with Gasteiger partial charge in [0.15, 0.2) is 0 Å². The number of H-pyrrole nitrogens is 1. The summed E-state index contributed by atoms with van der Waals surface area (Å²) >= 11 is 8.93. The lowest BCUT2D eigenvalue weighted by molar-refractivity contribution is -0.00954. The van der Waals surface area contributed by atoms with E-state index in [0.717, 1.165) is 32.6 Å². The normalized spacial score (nSPS) is 39.8. The second-order valence-electron chi connectivity index (χ2n) is 7.03. The molecule has 4 aliphatic carbocycles. The molecule has 102 valence electrons. The number of hydrogen-bond acceptors (Lipinski definition) is 2. The second-order valence-corrected chi connectivity index (χ2v) is 8.21. The summed E-state index contributed by atoms with van der Waals surface area (Å²) in [6, 6.07) is 0. The lowest BCUT2D eigenvalue weighted by Gasteiger charge is -2.56. The first kappa shape index (κ1) is 12.5. The van der Waals surface area contributed by atoms with Crippen molar-refractivity contribution in [1.82, 2.24) is 9.97 Å². The third-order valence-corrected chi connectivity index (χ3v) is 7.11. The van der Waals surface area contributed by atoms with Crippen LogP contribution >= 0.6 is 28.1 Å². The molecule has 4 aliphatic rings. The minimum Gasteiger partial charge on any atom is -0.346 e. The van der Waals surface area contributed by atoms with Gasteiger partial charge in [0.1, 0.15) is 10.5 Å². The molecule has 0 amide bonds. The topological polar surface area (TPSA) is 28.7 Å². The van der Waals surface area contributed by atoms with Crippen molar-refractivity contribution in [3.05, 3.63) is 20.6 Å². The van der Waals surface area contributed by atoms with E-state index < -0.39 is 0 Å². The lowest BCUT2D eigenvalue weighted by atomic mass is 9.49. The summed E-state index contributed by atoms with van der Waals surface area (Å²) in [6.07, 6.45) is 8.40. The molecule has 4 heteroatoms. The van der Waals surface area contributed by atoms with Crippen LogP contribution in [0.5, 0.6) is 0 Å². The summed E-state index contributed by atoms with van der Waals surface area (Å²) in [5.41, 5.74) is 1.44. The molecule has 19 heavy (non-hydrogen) atoms. The Balaban J connectivity index is 1.82. The molecule has 1 aromatic rings. The molecule has 0 unspecified atom stereocenters. The van der Waals surface area contributed by atoms with Crippen LogP contribution in [-0.2, 0) is 5.41 Å². The molecule has 5 rings (SSSR count). The highest BCUT2D eigenvalue weighted by molar-refractivity contribution is 9.10. The van der Waals surface area contributed by atoms with Crippen molar-refractivity contribution in [2.45, 2.75) is 50.9 Å². The van der Waals surface area contributed by atoms with Crippen LogP contribution in [0.3, 0.4) is 0 Å². The standard InChI is InChI=1S/C15H19BrN2S/c1-8-12(16)13(19)18-14(17-8)15-5-9-2-10(6-15)4-11(3-9)7-15/h9-11H,2-7H2,1H3,(H,17,18,19). The number of hydrogen-bond donors (Lipinski definition) is 1. The van der Waals surface area contributed by atoms with Gasteiger partial charge in [-0.25, -0.2) is 4.98 Å². The summed E-state index contributed by atoms with van der Waals surface area (Å²) < 4.78 is 1.68. The van der Waals surface area contributed by atoms with Crippen molar-refractivity contribution in [3.63, 3.8) is 0 Å². The quantitative estimate of drug-likeness (QED) is 0.753. The van der Waals surface area contributed by atoms with Crippen LogP contribution in [0, 0.1) is 29.3 Å². The predicted molar refractivity (Wildman–Crippen MR) is 81.7 cm³/mol. The van der Waals surface area contributed by atoms with Gasteiger partial charge in [-0.15, -0.1) is 0 Å². The van der Waals surface area contributed by atoms with Gasteiger partial charge < -0.3 is 4.98 Å². The first-order valence-corrected chi connectivity index (χ1v) is 8.53. The summed E-state index contributed by atoms with van der Waals surface area (Å²) in [4.78, 5) is 8.28. The average molecular weight is 339 g/mol. The molecular weight excluding hydrogens is 320 g/mol. The maximum Gasteiger partial charge on any atom is 0.144 e. The van der Waals surface area contributed by atoms with Gasteiger partial charge in [-0.05, 0) is 79.1 Å². The van der Waals surface area contributed by atoms with Crippen LogP contribution in [0.15, 0.2) is 4.47 Å². The molecular formula is C15H19BrN2S. The monoisotopic (exact) mass is 338 g/mol. The Kier molecular flexibility index (Phi) is 2.73. The Morgan fingerprint density at radius 2 is 1.68 bits per heavy atom. The van der Waals surface area contributed by atoms with E-state index in [1.165, 1.54) is 44.3 Å². The molecule has 0 spiro atoms. The van der Waals surface area contributed by atoms with Gasteiger partial charge in [-0.2, -0.15) is 0 Å². The van der Waals surface area contributed by atoms with Gasteiger partial charge in [0.05, 0.1) is 4.47 Å². The zero-order valence-corrected chi connectivity index (χ0v) is 13.6. The highest BCUT2D eigenvalue weighted by Gasteiger charge is 2.52. The summed E-state index contributed by atoms with van der Waals surface area (Å²) in [5.74, 6) is 4.01. The Hall–Kier alpha value is -0.220. The van der Waals surface area contributed by atoms with Crippen LogP contribution in [0.4, 0.5) is 0 Å². The molecule has 0 aromatic carbocycles. The van der Waals surface area contributed by atoms with Crippen LogP contribution in [0.25, 0.3) is 0 Å². The second kappa shape index (κ2) is 4.14. The smallest absolute Gasteiger partial charge is 0.144 e. The van der Waals surface area contributed by atoms with E-state index >= 15 is 0 Å². The lowest BCUT2D eigenvalue weighted by Crippen LogP contribution is -2.49. The van der Waals surface area contributed by atoms with Crippen LogP contribution < -0.4 is 0 Å². The third kappa shape index (κ3) is 1.86. The van der Waals surface area contributed by atoms with Crippen LogP contribution in [-0.4, -0.2) is 9.97 Å². The molecule has 0 atom stereocenters. The first-order valence-electron chi connectivity index (χ1n) is 7.33. The summed E-state index contributed by atoms with van der Waals surface area (Å²) in [6.45, 7) is 2.09. The highest BCUT2D eigenvalue weighted by atomic mass is 79.9. The van der Waals surface area contributed by atoms with Gasteiger partial charge >= 0.3 is 0 Å². The van der Waals surface area contributed by atoms with Crippen LogP contribution in [0.2, 0.25) is 0 Å². The minimum absolute atomic E-state index is 0.313. The number of aryl methyl sites for hydroxylation is 1. The molecule has 1 N–H and O–H groups in total. The zero-order valence-electron chi connectivity index (χ0n) is 11.2. The number of halogens is 1. The van der Waals surface area contributed by atoms with E-state index in [4.69, 9.17) is 17.2 Å². The molecule has 1 heterocycles. The number of nitrogens with zero attached hydrogens (tertiary/aromatic N) is 1. The fourth-order valence-electron chi connectivity index (χ4n) is 5.22. The van der Waals surface area contributed by atoms with Crippen molar-refractivity contribution in [1.29, 1.82) is 0 Å². The van der Waals surface area contributed by atoms with E-state index in [0.29, 0.717) is 5.41 Å². The number of nitrogens with one attached hydrogen (secondary N) is 1. The van der Waals surface area contributed by atoms with Crippen molar-refractivity contribution < 1.29 is 0 Å². The largest absolute Gasteiger partial charge is 0.346 e. The highest BCUT2D eigenvalue weighted by Crippen LogP contribution is 2.60. The minimum atomic E-state index is 0.313. The summed E-state index contributed by atoms with van der Waals surface area (Å²) in [7, 11) is 0. The average Bonchev–Trinajstić information content (AvgIpc) is 2.33. The zero-order chi connectivity index (χ0) is 13.2. The first-order chi connectivity index (χ1) is 9.06. The molecule has 0 radical (unpaired) electrons. The molecule has 4 bridgehead atoms. The molecule has 2 nitrogen and oxygen atoms in total. The maximum atomic E-state index is 5.41.